The predicted molar refractivity (Wildman–Crippen MR) is 326 cm³/mol. The van der Waals surface area contributed by atoms with E-state index < -0.39 is 102 Å². The van der Waals surface area contributed by atoms with Gasteiger partial charge in [-0.05, 0) is 126 Å². The topological polar surface area (TPSA) is 292 Å². The van der Waals surface area contributed by atoms with Crippen molar-refractivity contribution in [2.75, 3.05) is 65.1 Å². The highest BCUT2D eigenvalue weighted by atomic mass is 16.6. The summed E-state index contributed by atoms with van der Waals surface area (Å²) in [6, 6.07) is -1.87. The molecule has 0 radical (unpaired) electrons. The van der Waals surface area contributed by atoms with Crippen LogP contribution in [0.5, 0.6) is 0 Å². The fourth-order valence-corrected chi connectivity index (χ4v) is 12.6. The Balaban J connectivity index is 1.12. The zero-order valence-corrected chi connectivity index (χ0v) is 53.0. The second kappa shape index (κ2) is 34.5. The number of ketones is 2. The van der Waals surface area contributed by atoms with Crippen molar-refractivity contribution in [3.63, 3.8) is 0 Å². The van der Waals surface area contributed by atoms with Gasteiger partial charge in [-0.1, -0.05) is 71.1 Å². The molecule has 2 bridgehead atoms. The Hall–Kier alpha value is -5.46. The number of aliphatic hydroxyl groups is 3. The fraction of sp³-hybridized carbons (Fsp3) is 0.723. The van der Waals surface area contributed by atoms with Gasteiger partial charge in [-0.2, -0.15) is 0 Å². The molecule has 5 aliphatic rings. The number of ether oxygens (including phenoxy) is 6. The van der Waals surface area contributed by atoms with Gasteiger partial charge < -0.3 is 69.5 Å². The van der Waals surface area contributed by atoms with Crippen molar-refractivity contribution in [3.05, 3.63) is 65.6 Å². The molecule has 1 aliphatic carbocycles. The standard InChI is InChI=1S/C65H101N7O15/c1-10-31-84-32-25-56(73)70-27-29-71(30-28-70)63-67-38-48(39-68-63)40-69-64(80)86-53-24-21-47(36-55(53)83-9)35-50(66)52-23-19-42(3)34-45(6)58(75)59(76)57(74)44(5)33-41(2)16-12-11-13-17-43(4)54(82-8)37-49-22-20-46(7)65(81,87-49)60(77)61(78)72-26-15-14-18-51(72)62(79)85-52/h11-13,16-17,34,38-39,41-42,44,46-47,49-55,58-59,75-76,81H,10,14-15,18-33,35-37,40,66H2,1-9H3,(H,69,80)/b13-11+,16-12+,43-17+,45-34+/t41-,42+,44-,46-,47+,49+,50-,51+,52+,53-,54+,55-,58-,59+,65-/m1/s1. The Morgan fingerprint density at radius 3 is 2.25 bits per heavy atom. The summed E-state index contributed by atoms with van der Waals surface area (Å²) in [6.07, 6.45) is 14.7. The number of amides is 3. The molecule has 0 aromatic carbocycles. The lowest BCUT2D eigenvalue weighted by Crippen LogP contribution is -2.61. The normalized spacial score (nSPS) is 34.1. The molecule has 15 atom stereocenters. The van der Waals surface area contributed by atoms with E-state index in [0.29, 0.717) is 134 Å². The van der Waals surface area contributed by atoms with Gasteiger partial charge in [-0.15, -0.1) is 0 Å². The van der Waals surface area contributed by atoms with Crippen LogP contribution in [0, 0.1) is 29.6 Å². The summed E-state index contributed by atoms with van der Waals surface area (Å²) in [4.78, 5) is 96.9. The van der Waals surface area contributed by atoms with Crippen LogP contribution < -0.4 is 16.0 Å². The Morgan fingerprint density at radius 1 is 0.816 bits per heavy atom. The number of hydrogen-bond donors (Lipinski definition) is 5. The van der Waals surface area contributed by atoms with E-state index in [4.69, 9.17) is 34.2 Å². The van der Waals surface area contributed by atoms with E-state index in [-0.39, 0.29) is 49.6 Å². The average Bonchev–Trinajstić information content (AvgIpc) is 1.17. The monoisotopic (exact) mass is 1220 g/mol. The number of nitrogens with zero attached hydrogens (tertiary/aromatic N) is 5. The number of anilines is 1. The molecule has 486 valence electrons. The number of carbonyl (C=O) groups is 6. The van der Waals surface area contributed by atoms with Gasteiger partial charge in [-0.3, -0.25) is 19.2 Å². The molecule has 3 saturated heterocycles. The SMILES string of the molecule is CCCOCCC(=O)N1CCN(c2ncc(CNC(=O)O[C@@H]3CC[C@@H](C[C@@H](N)[C@@H]4CC[C@H](C)/C=C(\C)[C@@H](O)[C@@H](O)C(=O)[C@H](C)C[C@H](C)/C=C/C=C/C=C(\C)[C@@H](OC)C[C@@H]5CC[C@@H](C)[C@@](O)(O5)C(=O)C(=O)N5CCCC[C@H]5C(=O)O4)C[C@H]3OC)cn2)CC1. The Morgan fingerprint density at radius 2 is 1.55 bits per heavy atom. The Kier molecular flexibility index (Phi) is 28.0. The molecule has 1 aromatic rings. The number of rotatable bonds is 14. The summed E-state index contributed by atoms with van der Waals surface area (Å²) >= 11 is 0. The van der Waals surface area contributed by atoms with E-state index in [2.05, 4.69) is 15.3 Å². The van der Waals surface area contributed by atoms with E-state index in [1.165, 1.54) is 4.90 Å². The predicted octanol–water partition coefficient (Wildman–Crippen LogP) is 6.23. The van der Waals surface area contributed by atoms with Gasteiger partial charge in [0.15, 0.2) is 5.78 Å². The van der Waals surface area contributed by atoms with Crippen molar-refractivity contribution in [1.82, 2.24) is 25.1 Å². The number of nitrogens with one attached hydrogen (secondary N) is 1. The minimum Gasteiger partial charge on any atom is -0.459 e. The molecule has 0 spiro atoms. The number of aromatic nitrogens is 2. The summed E-state index contributed by atoms with van der Waals surface area (Å²) in [6.45, 7) is 16.5. The van der Waals surface area contributed by atoms with E-state index in [1.54, 1.807) is 53.5 Å². The second-order valence-electron chi connectivity index (χ2n) is 25.0. The number of esters is 1. The Bertz CT molecular complexity index is 2540. The molecule has 6 N–H and O–H groups in total. The van der Waals surface area contributed by atoms with Gasteiger partial charge in [0.1, 0.15) is 30.5 Å². The van der Waals surface area contributed by atoms with Crippen LogP contribution in [-0.4, -0.2) is 191 Å². The fourth-order valence-electron chi connectivity index (χ4n) is 12.6. The van der Waals surface area contributed by atoms with Crippen molar-refractivity contribution in [2.45, 2.75) is 212 Å². The van der Waals surface area contributed by atoms with E-state index in [1.807, 2.05) is 67.9 Å². The first-order valence-corrected chi connectivity index (χ1v) is 31.8. The highest BCUT2D eigenvalue weighted by molar-refractivity contribution is 6.39. The molecule has 4 fully saturated rings. The number of piperazine rings is 1. The van der Waals surface area contributed by atoms with E-state index in [9.17, 15) is 44.1 Å². The summed E-state index contributed by atoms with van der Waals surface area (Å²) < 4.78 is 35.7. The third-order valence-electron chi connectivity index (χ3n) is 18.1. The number of allylic oxidation sites excluding steroid dienone is 6. The first kappa shape index (κ1) is 70.6. The van der Waals surface area contributed by atoms with Crippen molar-refractivity contribution >= 4 is 41.4 Å². The molecule has 22 heteroatoms. The van der Waals surface area contributed by atoms with Crippen LogP contribution in [0.25, 0.3) is 0 Å². The maximum absolute atomic E-state index is 14.6. The number of aliphatic hydroxyl groups excluding tert-OH is 2. The maximum atomic E-state index is 14.6. The molecule has 1 saturated carbocycles. The van der Waals surface area contributed by atoms with Gasteiger partial charge in [0, 0.05) is 102 Å². The number of hydrogen-bond acceptors (Lipinski definition) is 19. The van der Waals surface area contributed by atoms with Crippen LogP contribution in [0.4, 0.5) is 10.7 Å². The molecule has 3 amide bonds. The van der Waals surface area contributed by atoms with Crippen molar-refractivity contribution in [2.24, 2.45) is 35.3 Å². The minimum absolute atomic E-state index is 0.0281. The average molecular weight is 1220 g/mol. The van der Waals surface area contributed by atoms with Crippen molar-refractivity contribution in [3.8, 4) is 0 Å². The number of fused-ring (bicyclic) bond motifs is 3. The van der Waals surface area contributed by atoms with Crippen molar-refractivity contribution < 1.29 is 72.5 Å². The first-order valence-electron chi connectivity index (χ1n) is 31.8. The summed E-state index contributed by atoms with van der Waals surface area (Å²) in [5.74, 6) is -6.81. The van der Waals surface area contributed by atoms with E-state index >= 15 is 0 Å². The molecule has 6 rings (SSSR count). The number of alkyl carbamates (subject to hydrolysis) is 1. The molecule has 4 aliphatic heterocycles. The van der Waals surface area contributed by atoms with Crippen LogP contribution in [0.15, 0.2) is 60.0 Å². The second-order valence-corrected chi connectivity index (χ2v) is 25.0. The number of Topliss-reactive ketones (excluding diaryl/α,β-unsaturated/α-hetero) is 2. The van der Waals surface area contributed by atoms with Crippen molar-refractivity contribution in [1.29, 1.82) is 0 Å². The summed E-state index contributed by atoms with van der Waals surface area (Å²) in [7, 11) is 3.13. The highest BCUT2D eigenvalue weighted by Gasteiger charge is 2.53. The third kappa shape index (κ3) is 20.3. The zero-order chi connectivity index (χ0) is 63.4. The smallest absolute Gasteiger partial charge is 0.407 e. The molecule has 87 heavy (non-hydrogen) atoms. The van der Waals surface area contributed by atoms with Crippen LogP contribution in [-0.2, 0) is 58.9 Å². The maximum Gasteiger partial charge on any atom is 0.407 e. The molecule has 5 heterocycles. The van der Waals surface area contributed by atoms with E-state index in [0.717, 1.165) is 12.0 Å². The first-order chi connectivity index (χ1) is 41.6. The van der Waals surface area contributed by atoms with Crippen LogP contribution in [0.3, 0.4) is 0 Å². The van der Waals surface area contributed by atoms with Crippen LogP contribution in [0.2, 0.25) is 0 Å². The molecule has 22 nitrogen and oxygen atoms in total. The molecular weight excluding hydrogens is 1120 g/mol. The van der Waals surface area contributed by atoms with Gasteiger partial charge in [-0.25, -0.2) is 19.6 Å². The number of cyclic esters (lactones) is 1. The minimum atomic E-state index is -2.45. The lowest BCUT2D eigenvalue weighted by molar-refractivity contribution is -0.265. The number of nitrogens with two attached hydrogens (primary N) is 1. The quantitative estimate of drug-likeness (QED) is 0.0597. The van der Waals surface area contributed by atoms with Gasteiger partial charge in [0.05, 0.1) is 31.3 Å². The molecule has 0 unspecified atom stereocenters. The highest BCUT2D eigenvalue weighted by Crippen LogP contribution is 2.38. The Labute approximate surface area is 515 Å². The van der Waals surface area contributed by atoms with Gasteiger partial charge in [0.2, 0.25) is 17.6 Å². The molecular formula is C65H101N7O15. The zero-order valence-electron chi connectivity index (χ0n) is 53.0. The largest absolute Gasteiger partial charge is 0.459 e. The van der Waals surface area contributed by atoms with Gasteiger partial charge >= 0.3 is 12.1 Å². The summed E-state index contributed by atoms with van der Waals surface area (Å²) in [5, 5.41) is 37.3. The number of carbonyl (C=O) groups excluding carboxylic acids is 6. The van der Waals surface area contributed by atoms with Gasteiger partial charge in [0.25, 0.3) is 11.7 Å². The third-order valence-corrected chi connectivity index (χ3v) is 18.1. The lowest BCUT2D eigenvalue weighted by Gasteiger charge is -2.42. The lowest BCUT2D eigenvalue weighted by atomic mass is 9.80. The summed E-state index contributed by atoms with van der Waals surface area (Å²) in [5.41, 5.74) is 9.03. The number of piperidine rings is 1. The molecule has 1 aromatic heterocycles. The van der Waals surface area contributed by atoms with Crippen LogP contribution >= 0.6 is 0 Å². The number of methoxy groups -OCH3 is 2. The van der Waals surface area contributed by atoms with Crippen LogP contribution in [0.1, 0.15) is 150 Å².